The number of benzene rings is 1. The first kappa shape index (κ1) is 15.9. The largest absolute Gasteiger partial charge is 0.391 e. The van der Waals surface area contributed by atoms with Gasteiger partial charge in [0.25, 0.3) is 0 Å². The van der Waals surface area contributed by atoms with Gasteiger partial charge in [-0.25, -0.2) is 0 Å². The van der Waals surface area contributed by atoms with E-state index in [9.17, 15) is 9.90 Å². The van der Waals surface area contributed by atoms with E-state index >= 15 is 0 Å². The average Bonchev–Trinajstić information content (AvgIpc) is 3.36. The van der Waals surface area contributed by atoms with Crippen molar-refractivity contribution >= 4 is 16.8 Å². The molecule has 1 aliphatic carbocycles. The zero-order valence-electron chi connectivity index (χ0n) is 14.0. The van der Waals surface area contributed by atoms with Crippen molar-refractivity contribution < 1.29 is 9.90 Å². The summed E-state index contributed by atoms with van der Waals surface area (Å²) in [6.45, 7) is 4.43. The molecule has 1 aromatic carbocycles. The van der Waals surface area contributed by atoms with Crippen LogP contribution in [0.1, 0.15) is 29.7 Å². The number of hydrogen-bond acceptors (Lipinski definition) is 3. The third kappa shape index (κ3) is 3.37. The molecule has 1 atom stereocenters. The van der Waals surface area contributed by atoms with E-state index in [1.165, 1.54) is 0 Å². The number of carbonyl (C=O) groups is 1. The summed E-state index contributed by atoms with van der Waals surface area (Å²) in [6, 6.07) is 8.02. The molecule has 4 heteroatoms. The van der Waals surface area contributed by atoms with Gasteiger partial charge >= 0.3 is 0 Å². The summed E-state index contributed by atoms with van der Waals surface area (Å²) in [5.41, 5.74) is 4.00. The van der Waals surface area contributed by atoms with Crippen LogP contribution in [0.25, 0.3) is 10.9 Å². The Labute approximate surface area is 137 Å². The molecule has 1 heterocycles. The monoisotopic (exact) mass is 312 g/mol. The van der Waals surface area contributed by atoms with Crippen molar-refractivity contribution in [3.63, 3.8) is 0 Å². The van der Waals surface area contributed by atoms with Crippen LogP contribution in [0.4, 0.5) is 0 Å². The first-order valence-corrected chi connectivity index (χ1v) is 8.24. The summed E-state index contributed by atoms with van der Waals surface area (Å²) >= 11 is 0. The summed E-state index contributed by atoms with van der Waals surface area (Å²) < 4.78 is 0. The predicted octanol–water partition coefficient (Wildman–Crippen LogP) is 2.62. The maximum absolute atomic E-state index is 12.5. The van der Waals surface area contributed by atoms with Crippen LogP contribution in [0.2, 0.25) is 0 Å². The van der Waals surface area contributed by atoms with Crippen molar-refractivity contribution in [3.8, 4) is 0 Å². The summed E-state index contributed by atoms with van der Waals surface area (Å²) in [7, 11) is 1.77. The molecule has 1 fully saturated rings. The van der Waals surface area contributed by atoms with Crippen LogP contribution in [-0.2, 0) is 11.2 Å². The van der Waals surface area contributed by atoms with Gasteiger partial charge in [0.05, 0.1) is 18.0 Å². The minimum Gasteiger partial charge on any atom is -0.391 e. The molecule has 0 spiro atoms. The molecule has 1 N–H and O–H groups in total. The maximum Gasteiger partial charge on any atom is 0.226 e. The normalized spacial score (nSPS) is 15.7. The Kier molecular flexibility index (Phi) is 4.35. The van der Waals surface area contributed by atoms with Gasteiger partial charge in [0.2, 0.25) is 5.91 Å². The summed E-state index contributed by atoms with van der Waals surface area (Å²) in [6.07, 6.45) is 2.11. The number of aliphatic hydroxyl groups is 1. The van der Waals surface area contributed by atoms with E-state index in [1.54, 1.807) is 11.9 Å². The molecule has 0 bridgehead atoms. The van der Waals surface area contributed by atoms with E-state index in [0.29, 0.717) is 18.9 Å². The molecule has 1 amide bonds. The van der Waals surface area contributed by atoms with E-state index in [2.05, 4.69) is 11.9 Å². The number of rotatable bonds is 5. The lowest BCUT2D eigenvalue weighted by Gasteiger charge is -2.22. The molecule has 0 saturated heterocycles. The first-order chi connectivity index (χ1) is 11.0. The van der Waals surface area contributed by atoms with Crippen molar-refractivity contribution in [2.45, 2.75) is 39.2 Å². The van der Waals surface area contributed by atoms with Crippen molar-refractivity contribution in [1.29, 1.82) is 0 Å². The second kappa shape index (κ2) is 6.28. The molecule has 2 aromatic rings. The van der Waals surface area contributed by atoms with E-state index in [0.717, 1.165) is 40.6 Å². The molecule has 122 valence electrons. The fourth-order valence-corrected chi connectivity index (χ4v) is 3.13. The van der Waals surface area contributed by atoms with Crippen LogP contribution in [-0.4, -0.2) is 40.6 Å². The first-order valence-electron chi connectivity index (χ1n) is 8.24. The minimum absolute atomic E-state index is 0.0352. The Morgan fingerprint density at radius 3 is 2.74 bits per heavy atom. The van der Waals surface area contributed by atoms with Crippen molar-refractivity contribution in [3.05, 3.63) is 41.1 Å². The van der Waals surface area contributed by atoms with Gasteiger partial charge in [0, 0.05) is 24.7 Å². The number of fused-ring (bicyclic) bond motifs is 1. The van der Waals surface area contributed by atoms with Crippen molar-refractivity contribution in [1.82, 2.24) is 9.88 Å². The summed E-state index contributed by atoms with van der Waals surface area (Å²) in [5, 5.41) is 11.1. The average molecular weight is 312 g/mol. The summed E-state index contributed by atoms with van der Waals surface area (Å²) in [4.78, 5) is 18.8. The molecule has 1 unspecified atom stereocenters. The van der Waals surface area contributed by atoms with E-state index in [4.69, 9.17) is 0 Å². The third-order valence-corrected chi connectivity index (χ3v) is 4.87. The molecule has 3 rings (SSSR count). The van der Waals surface area contributed by atoms with Crippen LogP contribution in [0.5, 0.6) is 0 Å². The lowest BCUT2D eigenvalue weighted by atomic mass is 9.99. The Morgan fingerprint density at radius 1 is 1.35 bits per heavy atom. The number of aryl methyl sites for hydroxylation is 2. The highest BCUT2D eigenvalue weighted by Crippen LogP contribution is 2.32. The molecule has 1 saturated carbocycles. The number of aromatic nitrogens is 1. The van der Waals surface area contributed by atoms with Gasteiger partial charge in [-0.3, -0.25) is 9.78 Å². The molecule has 0 radical (unpaired) electrons. The second-order valence-corrected chi connectivity index (χ2v) is 6.67. The molecule has 23 heavy (non-hydrogen) atoms. The van der Waals surface area contributed by atoms with Gasteiger partial charge in [-0.1, -0.05) is 18.2 Å². The Balaban J connectivity index is 1.78. The smallest absolute Gasteiger partial charge is 0.226 e. The maximum atomic E-state index is 12.5. The fraction of sp³-hybridized carbons (Fsp3) is 0.474. The number of pyridine rings is 1. The number of aliphatic hydroxyl groups excluding tert-OH is 1. The second-order valence-electron chi connectivity index (χ2n) is 6.67. The van der Waals surface area contributed by atoms with Crippen LogP contribution >= 0.6 is 0 Å². The molecule has 0 aliphatic heterocycles. The molecule has 1 aromatic heterocycles. The summed E-state index contributed by atoms with van der Waals surface area (Å²) in [5.74, 6) is 0.420. The van der Waals surface area contributed by atoms with E-state index in [1.807, 2.05) is 31.2 Å². The van der Waals surface area contributed by atoms with Gasteiger partial charge in [-0.15, -0.1) is 0 Å². The van der Waals surface area contributed by atoms with Gasteiger partial charge in [0.15, 0.2) is 0 Å². The lowest BCUT2D eigenvalue weighted by Crippen LogP contribution is -2.36. The zero-order chi connectivity index (χ0) is 16.6. The Morgan fingerprint density at radius 2 is 2.04 bits per heavy atom. The van der Waals surface area contributed by atoms with Crippen LogP contribution < -0.4 is 0 Å². The minimum atomic E-state index is -0.388. The number of carbonyl (C=O) groups excluding carboxylic acids is 1. The highest BCUT2D eigenvalue weighted by Gasteiger charge is 2.31. The van der Waals surface area contributed by atoms with Gasteiger partial charge in [-0.2, -0.15) is 0 Å². The van der Waals surface area contributed by atoms with Gasteiger partial charge < -0.3 is 10.0 Å². The van der Waals surface area contributed by atoms with Crippen LogP contribution in [0, 0.1) is 19.8 Å². The topological polar surface area (TPSA) is 53.4 Å². The number of hydrogen-bond donors (Lipinski definition) is 1. The van der Waals surface area contributed by atoms with E-state index in [-0.39, 0.29) is 12.0 Å². The van der Waals surface area contributed by atoms with Crippen LogP contribution in [0.3, 0.4) is 0 Å². The van der Waals surface area contributed by atoms with Gasteiger partial charge in [-0.05, 0) is 49.8 Å². The Hall–Kier alpha value is -1.94. The predicted molar refractivity (Wildman–Crippen MR) is 91.3 cm³/mol. The zero-order valence-corrected chi connectivity index (χ0v) is 14.0. The number of amides is 1. The molecular weight excluding hydrogens is 288 g/mol. The highest BCUT2D eigenvalue weighted by molar-refractivity contribution is 5.86. The standard InChI is InChI=1S/C19H24N2O2/c1-12-15-6-4-5-7-17(15)20-13(2)16(12)10-19(23)21(3)11-18(22)14-8-9-14/h4-7,14,18,22H,8-11H2,1-3H3. The number of nitrogens with zero attached hydrogens (tertiary/aromatic N) is 2. The number of para-hydroxylation sites is 1. The van der Waals surface area contributed by atoms with Gasteiger partial charge in [0.1, 0.15) is 0 Å². The van der Waals surface area contributed by atoms with Crippen molar-refractivity contribution in [2.75, 3.05) is 13.6 Å². The quantitative estimate of drug-likeness (QED) is 0.923. The number of likely N-dealkylation sites (N-methyl/N-ethyl adjacent to an activating group) is 1. The van der Waals surface area contributed by atoms with Crippen LogP contribution in [0.15, 0.2) is 24.3 Å². The molecule has 1 aliphatic rings. The van der Waals surface area contributed by atoms with Crippen molar-refractivity contribution in [2.24, 2.45) is 5.92 Å². The molecule has 4 nitrogen and oxygen atoms in total. The lowest BCUT2D eigenvalue weighted by molar-refractivity contribution is -0.130. The third-order valence-electron chi connectivity index (χ3n) is 4.87. The SMILES string of the molecule is Cc1nc2ccccc2c(C)c1CC(=O)N(C)CC(O)C1CC1. The fourth-order valence-electron chi connectivity index (χ4n) is 3.13. The highest BCUT2D eigenvalue weighted by atomic mass is 16.3. The molecular formula is C19H24N2O2. The van der Waals surface area contributed by atoms with E-state index < -0.39 is 0 Å². The Bertz CT molecular complexity index is 737.